The molecule has 0 fully saturated rings. The van der Waals surface area contributed by atoms with Gasteiger partial charge < -0.3 is 10.1 Å². The number of nitrogens with zero attached hydrogens (tertiary/aromatic N) is 1. The molecule has 0 aromatic heterocycles. The van der Waals surface area contributed by atoms with Gasteiger partial charge in [0, 0.05) is 6.54 Å². The largest absolute Gasteiger partial charge is 0.495 e. The zero-order valence-electron chi connectivity index (χ0n) is 11.7. The van der Waals surface area contributed by atoms with Crippen LogP contribution in [0.2, 0.25) is 0 Å². The van der Waals surface area contributed by atoms with E-state index in [2.05, 4.69) is 5.32 Å². The molecule has 0 saturated carbocycles. The fraction of sp³-hybridized carbons (Fsp3) is 0.188. The summed E-state index contributed by atoms with van der Waals surface area (Å²) in [5, 5.41) is 11.6. The van der Waals surface area contributed by atoms with Crippen molar-refractivity contribution in [2.75, 3.05) is 12.4 Å². The lowest BCUT2D eigenvalue weighted by atomic mass is 10.1. The Labute approximate surface area is 121 Å². The lowest BCUT2D eigenvalue weighted by Gasteiger charge is -2.11. The van der Waals surface area contributed by atoms with Crippen molar-refractivity contribution in [3.05, 3.63) is 58.7 Å². The average molecular weight is 288 g/mol. The third-order valence-electron chi connectivity index (χ3n) is 3.14. The van der Waals surface area contributed by atoms with Crippen LogP contribution in [0.15, 0.2) is 30.3 Å². The van der Waals surface area contributed by atoms with Gasteiger partial charge in [-0.25, -0.2) is 8.78 Å². The zero-order chi connectivity index (χ0) is 15.4. The molecule has 0 amide bonds. The van der Waals surface area contributed by atoms with Crippen molar-refractivity contribution < 1.29 is 13.5 Å². The first-order valence-electron chi connectivity index (χ1n) is 6.32. The highest BCUT2D eigenvalue weighted by Gasteiger charge is 2.11. The fourth-order valence-electron chi connectivity index (χ4n) is 1.95. The van der Waals surface area contributed by atoms with Crippen LogP contribution in [-0.4, -0.2) is 7.11 Å². The SMILES string of the molecule is COc1cc(CNc2c(F)ccc(C)c2F)ccc1C#N. The van der Waals surface area contributed by atoms with E-state index in [0.29, 0.717) is 16.9 Å². The van der Waals surface area contributed by atoms with Gasteiger partial charge >= 0.3 is 0 Å². The molecule has 0 aliphatic heterocycles. The lowest BCUT2D eigenvalue weighted by molar-refractivity contribution is 0.413. The summed E-state index contributed by atoms with van der Waals surface area (Å²) in [7, 11) is 1.47. The molecule has 2 aromatic rings. The van der Waals surface area contributed by atoms with Gasteiger partial charge in [-0.05, 0) is 36.2 Å². The summed E-state index contributed by atoms with van der Waals surface area (Å²) in [5.74, 6) is -0.809. The minimum atomic E-state index is -0.640. The number of methoxy groups -OCH3 is 1. The van der Waals surface area contributed by atoms with Crippen LogP contribution in [0, 0.1) is 29.9 Å². The van der Waals surface area contributed by atoms with Crippen molar-refractivity contribution >= 4 is 5.69 Å². The van der Waals surface area contributed by atoms with Gasteiger partial charge in [-0.3, -0.25) is 0 Å². The summed E-state index contributed by atoms with van der Waals surface area (Å²) in [4.78, 5) is 0. The molecule has 2 rings (SSSR count). The van der Waals surface area contributed by atoms with Crippen LogP contribution in [-0.2, 0) is 6.54 Å². The van der Waals surface area contributed by atoms with E-state index in [1.807, 2.05) is 6.07 Å². The van der Waals surface area contributed by atoms with E-state index >= 15 is 0 Å². The number of nitriles is 1. The highest BCUT2D eigenvalue weighted by atomic mass is 19.1. The van der Waals surface area contributed by atoms with E-state index in [-0.39, 0.29) is 12.2 Å². The van der Waals surface area contributed by atoms with E-state index in [1.54, 1.807) is 25.1 Å². The number of anilines is 1. The molecule has 1 N–H and O–H groups in total. The topological polar surface area (TPSA) is 45.0 Å². The molecule has 5 heteroatoms. The number of benzene rings is 2. The van der Waals surface area contributed by atoms with Gasteiger partial charge in [0.25, 0.3) is 0 Å². The van der Waals surface area contributed by atoms with Gasteiger partial charge in [-0.2, -0.15) is 5.26 Å². The molecule has 0 saturated heterocycles. The van der Waals surface area contributed by atoms with Crippen molar-refractivity contribution in [1.82, 2.24) is 0 Å². The Kier molecular flexibility index (Phi) is 4.39. The molecule has 3 nitrogen and oxygen atoms in total. The summed E-state index contributed by atoms with van der Waals surface area (Å²) >= 11 is 0. The van der Waals surface area contributed by atoms with E-state index in [0.717, 1.165) is 5.56 Å². The number of aryl methyl sites for hydroxylation is 1. The van der Waals surface area contributed by atoms with Gasteiger partial charge in [0.15, 0.2) is 5.82 Å². The van der Waals surface area contributed by atoms with Crippen molar-refractivity contribution in [1.29, 1.82) is 5.26 Å². The van der Waals surface area contributed by atoms with Crippen molar-refractivity contribution in [3.63, 3.8) is 0 Å². The lowest BCUT2D eigenvalue weighted by Crippen LogP contribution is -2.05. The maximum absolute atomic E-state index is 13.9. The highest BCUT2D eigenvalue weighted by molar-refractivity contribution is 5.50. The maximum atomic E-state index is 13.9. The van der Waals surface area contributed by atoms with Crippen LogP contribution in [0.5, 0.6) is 5.75 Å². The minimum absolute atomic E-state index is 0.154. The number of rotatable bonds is 4. The predicted octanol–water partition coefficient (Wildman–Crippen LogP) is 3.77. The molecule has 0 atom stereocenters. The first kappa shape index (κ1) is 14.8. The Morgan fingerprint density at radius 2 is 2.00 bits per heavy atom. The molecule has 0 radical (unpaired) electrons. The van der Waals surface area contributed by atoms with Crippen LogP contribution in [0.25, 0.3) is 0 Å². The number of ether oxygens (including phenoxy) is 1. The van der Waals surface area contributed by atoms with Crippen LogP contribution >= 0.6 is 0 Å². The standard InChI is InChI=1S/C16H14F2N2O/c1-10-3-6-13(17)16(15(10)18)20-9-11-4-5-12(8-19)14(7-11)21-2/h3-7,20H,9H2,1-2H3. The predicted molar refractivity (Wildman–Crippen MR) is 76.1 cm³/mol. The molecular weight excluding hydrogens is 274 g/mol. The molecule has 108 valence electrons. The third-order valence-corrected chi connectivity index (χ3v) is 3.14. The Morgan fingerprint density at radius 1 is 1.24 bits per heavy atom. The van der Waals surface area contributed by atoms with E-state index in [1.165, 1.54) is 19.2 Å². The zero-order valence-corrected chi connectivity index (χ0v) is 11.7. The molecule has 0 heterocycles. The molecule has 0 aliphatic rings. The van der Waals surface area contributed by atoms with Crippen LogP contribution in [0.1, 0.15) is 16.7 Å². The van der Waals surface area contributed by atoms with Gasteiger partial charge in [0.2, 0.25) is 0 Å². The second-order valence-corrected chi connectivity index (χ2v) is 4.55. The molecule has 0 spiro atoms. The molecule has 0 unspecified atom stereocenters. The van der Waals surface area contributed by atoms with Crippen LogP contribution in [0.3, 0.4) is 0 Å². The first-order chi connectivity index (χ1) is 10.1. The number of halogens is 2. The van der Waals surface area contributed by atoms with Gasteiger partial charge in [-0.15, -0.1) is 0 Å². The second-order valence-electron chi connectivity index (χ2n) is 4.55. The molecular formula is C16H14F2N2O. The Bertz CT molecular complexity index is 708. The van der Waals surface area contributed by atoms with Crippen molar-refractivity contribution in [2.24, 2.45) is 0 Å². The second kappa shape index (κ2) is 6.23. The van der Waals surface area contributed by atoms with E-state index in [9.17, 15) is 8.78 Å². The maximum Gasteiger partial charge on any atom is 0.152 e. The van der Waals surface area contributed by atoms with Crippen molar-refractivity contribution in [2.45, 2.75) is 13.5 Å². The average Bonchev–Trinajstić information content (AvgIpc) is 2.50. The fourth-order valence-corrected chi connectivity index (χ4v) is 1.95. The number of hydrogen-bond acceptors (Lipinski definition) is 3. The summed E-state index contributed by atoms with van der Waals surface area (Å²) in [6, 6.07) is 9.60. The quantitative estimate of drug-likeness (QED) is 0.931. The van der Waals surface area contributed by atoms with Gasteiger partial charge in [0.1, 0.15) is 23.3 Å². The van der Waals surface area contributed by atoms with Crippen molar-refractivity contribution in [3.8, 4) is 11.8 Å². The van der Waals surface area contributed by atoms with Gasteiger partial charge in [0.05, 0.1) is 12.7 Å². The Balaban J connectivity index is 2.21. The molecule has 21 heavy (non-hydrogen) atoms. The molecule has 0 bridgehead atoms. The third kappa shape index (κ3) is 3.11. The monoisotopic (exact) mass is 288 g/mol. The Hall–Kier alpha value is -2.61. The smallest absolute Gasteiger partial charge is 0.152 e. The summed E-state index contributed by atoms with van der Waals surface area (Å²) < 4.78 is 32.6. The molecule has 2 aromatic carbocycles. The molecule has 0 aliphatic carbocycles. The first-order valence-corrected chi connectivity index (χ1v) is 6.32. The van der Waals surface area contributed by atoms with Gasteiger partial charge in [-0.1, -0.05) is 12.1 Å². The number of nitrogens with one attached hydrogen (secondary N) is 1. The van der Waals surface area contributed by atoms with Crippen LogP contribution < -0.4 is 10.1 Å². The normalized spacial score (nSPS) is 10.0. The van der Waals surface area contributed by atoms with E-state index < -0.39 is 11.6 Å². The summed E-state index contributed by atoms with van der Waals surface area (Å²) in [5.41, 5.74) is 1.38. The summed E-state index contributed by atoms with van der Waals surface area (Å²) in [6.07, 6.45) is 0. The Morgan fingerprint density at radius 3 is 2.67 bits per heavy atom. The summed E-state index contributed by atoms with van der Waals surface area (Å²) in [6.45, 7) is 1.80. The minimum Gasteiger partial charge on any atom is -0.495 e. The van der Waals surface area contributed by atoms with E-state index in [4.69, 9.17) is 10.00 Å². The van der Waals surface area contributed by atoms with Crippen LogP contribution in [0.4, 0.5) is 14.5 Å². The number of hydrogen-bond donors (Lipinski definition) is 1. The highest BCUT2D eigenvalue weighted by Crippen LogP contribution is 2.24.